The van der Waals surface area contributed by atoms with E-state index in [1.165, 1.54) is 12.3 Å². The van der Waals surface area contributed by atoms with Crippen LogP contribution in [-0.4, -0.2) is 31.7 Å². The van der Waals surface area contributed by atoms with Crippen LogP contribution in [0.1, 0.15) is 27.7 Å². The highest BCUT2D eigenvalue weighted by Gasteiger charge is 2.52. The minimum atomic E-state index is -3.93. The van der Waals surface area contributed by atoms with Crippen LogP contribution in [0.2, 0.25) is 5.02 Å². The van der Waals surface area contributed by atoms with Crippen molar-refractivity contribution in [1.29, 1.82) is 0 Å². The molecule has 2 heterocycles. The molecule has 0 saturated carbocycles. The largest absolute Gasteiger partial charge is 0.514 e. The molecule has 0 amide bonds. The van der Waals surface area contributed by atoms with E-state index in [0.29, 0.717) is 5.59 Å². The van der Waals surface area contributed by atoms with Crippen LogP contribution < -0.4 is 10.7 Å². The maximum absolute atomic E-state index is 11.5. The third-order valence-corrected chi connectivity index (χ3v) is 5.01. The van der Waals surface area contributed by atoms with E-state index in [-0.39, 0.29) is 9.92 Å². The number of nitrogens with two attached hydrogens (primary N) is 1. The van der Waals surface area contributed by atoms with Crippen molar-refractivity contribution < 1.29 is 17.7 Å². The van der Waals surface area contributed by atoms with Crippen LogP contribution in [0.15, 0.2) is 17.2 Å². The van der Waals surface area contributed by atoms with Crippen molar-refractivity contribution >= 4 is 34.3 Å². The highest BCUT2D eigenvalue weighted by molar-refractivity contribution is 7.89. The molecule has 1 aromatic heterocycles. The summed E-state index contributed by atoms with van der Waals surface area (Å²) >= 11 is 5.80. The number of sulfonamides is 1. The molecule has 0 unspecified atom stereocenters. The van der Waals surface area contributed by atoms with Gasteiger partial charge in [-0.15, -0.1) is 0 Å². The van der Waals surface area contributed by atoms with Crippen LogP contribution in [-0.2, 0) is 19.3 Å². The van der Waals surface area contributed by atoms with Gasteiger partial charge in [-0.3, -0.25) is 4.98 Å². The molecule has 2 rings (SSSR count). The molecule has 1 fully saturated rings. The molecule has 0 spiro atoms. The summed E-state index contributed by atoms with van der Waals surface area (Å²) in [5.74, 6) is 0. The lowest BCUT2D eigenvalue weighted by Crippen LogP contribution is -2.41. The molecular weight excluding hydrogens is 302 g/mol. The van der Waals surface area contributed by atoms with Crippen LogP contribution in [0, 0.1) is 0 Å². The fraction of sp³-hybridized carbons (Fsp3) is 0.545. The highest BCUT2D eigenvalue weighted by Crippen LogP contribution is 2.36. The maximum Gasteiger partial charge on any atom is 0.514 e. The van der Waals surface area contributed by atoms with Gasteiger partial charge in [-0.25, -0.2) is 13.6 Å². The van der Waals surface area contributed by atoms with Crippen LogP contribution in [0.25, 0.3) is 0 Å². The van der Waals surface area contributed by atoms with Crippen LogP contribution >= 0.6 is 11.6 Å². The van der Waals surface area contributed by atoms with Gasteiger partial charge in [0.15, 0.2) is 0 Å². The summed E-state index contributed by atoms with van der Waals surface area (Å²) in [5.41, 5.74) is -0.765. The van der Waals surface area contributed by atoms with Gasteiger partial charge in [-0.1, -0.05) is 11.6 Å². The monoisotopic (exact) mass is 318 g/mol. The van der Waals surface area contributed by atoms with Gasteiger partial charge in [0.2, 0.25) is 10.0 Å². The number of pyridine rings is 1. The van der Waals surface area contributed by atoms with E-state index < -0.39 is 28.3 Å². The normalized spacial score (nSPS) is 21.2. The molecule has 0 bridgehead atoms. The first-order chi connectivity index (χ1) is 8.94. The molecule has 1 saturated heterocycles. The molecule has 1 aliphatic heterocycles. The first-order valence-corrected chi connectivity index (χ1v) is 7.90. The Kier molecular flexibility index (Phi) is 3.67. The van der Waals surface area contributed by atoms with E-state index in [4.69, 9.17) is 26.0 Å². The first-order valence-electron chi connectivity index (χ1n) is 5.98. The molecule has 1 aliphatic rings. The summed E-state index contributed by atoms with van der Waals surface area (Å²) in [4.78, 5) is 3.87. The van der Waals surface area contributed by atoms with Gasteiger partial charge in [0.05, 0.1) is 21.8 Å². The predicted molar refractivity (Wildman–Crippen MR) is 76.3 cm³/mol. The van der Waals surface area contributed by atoms with E-state index in [2.05, 4.69) is 4.98 Å². The number of hydrogen-bond donors (Lipinski definition) is 1. The first kappa shape index (κ1) is 15.7. The third-order valence-electron chi connectivity index (χ3n) is 3.64. The Bertz CT molecular complexity index is 632. The molecule has 20 heavy (non-hydrogen) atoms. The van der Waals surface area contributed by atoms with E-state index in [1.54, 1.807) is 0 Å². The second-order valence-electron chi connectivity index (χ2n) is 5.67. The zero-order chi connectivity index (χ0) is 15.3. The Balaban J connectivity index is 2.42. The van der Waals surface area contributed by atoms with Crippen molar-refractivity contribution in [3.63, 3.8) is 0 Å². The second-order valence-corrected chi connectivity index (χ2v) is 7.61. The van der Waals surface area contributed by atoms with Crippen molar-refractivity contribution in [2.45, 2.75) is 43.8 Å². The second kappa shape index (κ2) is 4.67. The van der Waals surface area contributed by atoms with Gasteiger partial charge in [0, 0.05) is 6.20 Å². The lowest BCUT2D eigenvalue weighted by molar-refractivity contribution is 0.00578. The summed E-state index contributed by atoms with van der Waals surface area (Å²) in [7, 11) is -4.69. The van der Waals surface area contributed by atoms with Crippen molar-refractivity contribution in [2.24, 2.45) is 5.14 Å². The topological polar surface area (TPSA) is 91.5 Å². The maximum atomic E-state index is 11.5. The lowest BCUT2D eigenvalue weighted by Gasteiger charge is -2.32. The Hall–Kier alpha value is -0.665. The van der Waals surface area contributed by atoms with Crippen LogP contribution in [0.4, 0.5) is 0 Å². The molecule has 0 aromatic carbocycles. The van der Waals surface area contributed by atoms with E-state index in [0.717, 1.165) is 0 Å². The average molecular weight is 319 g/mol. The Morgan fingerprint density at radius 1 is 1.25 bits per heavy atom. The van der Waals surface area contributed by atoms with Crippen molar-refractivity contribution in [3.8, 4) is 0 Å². The van der Waals surface area contributed by atoms with Gasteiger partial charge >= 0.3 is 7.12 Å². The Morgan fingerprint density at radius 3 is 2.20 bits per heavy atom. The van der Waals surface area contributed by atoms with E-state index >= 15 is 0 Å². The van der Waals surface area contributed by atoms with Crippen molar-refractivity contribution in [2.75, 3.05) is 0 Å². The summed E-state index contributed by atoms with van der Waals surface area (Å²) in [6.45, 7) is 7.57. The van der Waals surface area contributed by atoms with Crippen molar-refractivity contribution in [3.05, 3.63) is 17.3 Å². The molecule has 1 aromatic rings. The SMILES string of the molecule is CC1(C)OB(c2cc(S(N)(=O)=O)c(Cl)cn2)OC1(C)C. The Morgan fingerprint density at radius 2 is 1.75 bits per heavy atom. The van der Waals surface area contributed by atoms with Gasteiger partial charge in [0.25, 0.3) is 0 Å². The summed E-state index contributed by atoms with van der Waals surface area (Å²) in [5, 5.41) is 5.08. The third kappa shape index (κ3) is 2.71. The summed E-state index contributed by atoms with van der Waals surface area (Å²) in [6, 6.07) is 1.28. The molecule has 0 radical (unpaired) electrons. The quantitative estimate of drug-likeness (QED) is 0.810. The Labute approximate surface area is 123 Å². The number of hydrogen-bond acceptors (Lipinski definition) is 5. The number of rotatable bonds is 2. The smallest absolute Gasteiger partial charge is 0.398 e. The fourth-order valence-electron chi connectivity index (χ4n) is 1.75. The molecule has 6 nitrogen and oxygen atoms in total. The lowest BCUT2D eigenvalue weighted by atomic mass is 9.84. The standard InChI is InChI=1S/C11H16BClN2O4S/c1-10(2)11(3,4)19-12(18-10)9-5-8(20(14,16)17)7(13)6-15-9/h5-6H,1-4H3,(H2,14,16,17). The molecular formula is C11H16BClN2O4S. The molecule has 110 valence electrons. The fourth-order valence-corrected chi connectivity index (χ4v) is 2.78. The predicted octanol–water partition coefficient (Wildman–Crippen LogP) is 0.682. The molecule has 2 N–H and O–H groups in total. The van der Waals surface area contributed by atoms with E-state index in [9.17, 15) is 8.42 Å². The summed E-state index contributed by atoms with van der Waals surface area (Å²) < 4.78 is 34.5. The molecule has 0 atom stereocenters. The van der Waals surface area contributed by atoms with Gasteiger partial charge in [-0.05, 0) is 33.8 Å². The van der Waals surface area contributed by atoms with Gasteiger partial charge < -0.3 is 9.31 Å². The van der Waals surface area contributed by atoms with Gasteiger partial charge in [-0.2, -0.15) is 0 Å². The summed E-state index contributed by atoms with van der Waals surface area (Å²) in [6.07, 6.45) is 1.22. The van der Waals surface area contributed by atoms with Crippen LogP contribution in [0.3, 0.4) is 0 Å². The zero-order valence-corrected chi connectivity index (χ0v) is 13.2. The average Bonchev–Trinajstić information content (AvgIpc) is 2.47. The van der Waals surface area contributed by atoms with Gasteiger partial charge in [0.1, 0.15) is 4.90 Å². The zero-order valence-electron chi connectivity index (χ0n) is 11.7. The molecule has 0 aliphatic carbocycles. The molecule has 9 heteroatoms. The van der Waals surface area contributed by atoms with Crippen molar-refractivity contribution in [1.82, 2.24) is 4.98 Å². The minimum absolute atomic E-state index is 0.0345. The highest BCUT2D eigenvalue weighted by atomic mass is 35.5. The minimum Gasteiger partial charge on any atom is -0.398 e. The van der Waals surface area contributed by atoms with E-state index in [1.807, 2.05) is 27.7 Å². The number of primary sulfonamides is 1. The number of nitrogens with zero attached hydrogens (tertiary/aromatic N) is 1. The number of aromatic nitrogens is 1. The number of halogens is 1. The van der Waals surface area contributed by atoms with Crippen LogP contribution in [0.5, 0.6) is 0 Å².